The van der Waals surface area contributed by atoms with Crippen LogP contribution in [-0.2, 0) is 4.79 Å². The van der Waals surface area contributed by atoms with Crippen molar-refractivity contribution in [2.45, 2.75) is 19.8 Å². The van der Waals surface area contributed by atoms with Crippen molar-refractivity contribution >= 4 is 51.1 Å². The van der Waals surface area contributed by atoms with E-state index < -0.39 is 0 Å². The molecule has 1 fully saturated rings. The molecule has 4 nitrogen and oxygen atoms in total. The number of hydrogen-bond donors (Lipinski definition) is 0. The van der Waals surface area contributed by atoms with Gasteiger partial charge in [0.05, 0.1) is 10.6 Å². The summed E-state index contributed by atoms with van der Waals surface area (Å²) in [6, 6.07) is 24.6. The molecule has 1 aliphatic rings. The first-order valence-corrected chi connectivity index (χ1v) is 12.3. The fraction of sp³-hybridized carbons (Fsp3) is 0.148. The van der Waals surface area contributed by atoms with Gasteiger partial charge in [-0.3, -0.25) is 9.69 Å². The Hall–Kier alpha value is -3.22. The summed E-state index contributed by atoms with van der Waals surface area (Å²) in [6.45, 7) is 2.78. The Morgan fingerprint density at radius 1 is 1.00 bits per heavy atom. The Morgan fingerprint density at radius 3 is 2.55 bits per heavy atom. The molecular weight excluding hydrogens is 446 g/mol. The first kappa shape index (κ1) is 21.6. The van der Waals surface area contributed by atoms with Gasteiger partial charge in [-0.2, -0.15) is 5.10 Å². The first-order chi connectivity index (χ1) is 16.1. The molecule has 5 rings (SSSR count). The quantitative estimate of drug-likeness (QED) is 0.233. The zero-order chi connectivity index (χ0) is 22.8. The molecule has 0 saturated carbocycles. The van der Waals surface area contributed by atoms with E-state index in [0.717, 1.165) is 40.7 Å². The minimum atomic E-state index is -0.0182. The highest BCUT2D eigenvalue weighted by Crippen LogP contribution is 2.35. The van der Waals surface area contributed by atoms with Crippen LogP contribution in [0.15, 0.2) is 83.9 Å². The van der Waals surface area contributed by atoms with Gasteiger partial charge < -0.3 is 0 Å². The fourth-order valence-corrected chi connectivity index (χ4v) is 5.22. The van der Waals surface area contributed by atoms with Crippen molar-refractivity contribution in [1.82, 2.24) is 14.7 Å². The lowest BCUT2D eigenvalue weighted by molar-refractivity contribution is -0.122. The van der Waals surface area contributed by atoms with Crippen molar-refractivity contribution in [2.75, 3.05) is 6.54 Å². The molecule has 1 aliphatic heterocycles. The number of para-hydroxylation sites is 1. The second-order valence-electron chi connectivity index (χ2n) is 7.96. The van der Waals surface area contributed by atoms with E-state index in [1.54, 1.807) is 4.90 Å². The van der Waals surface area contributed by atoms with E-state index in [0.29, 0.717) is 15.8 Å². The minimum absolute atomic E-state index is 0.0182. The highest BCUT2D eigenvalue weighted by atomic mass is 32.2. The first-order valence-electron chi connectivity index (χ1n) is 11.0. The highest BCUT2D eigenvalue weighted by molar-refractivity contribution is 8.26. The second kappa shape index (κ2) is 9.33. The van der Waals surface area contributed by atoms with Crippen LogP contribution >= 0.6 is 24.0 Å². The molecule has 0 spiro atoms. The Balaban J connectivity index is 1.60. The number of unbranched alkanes of at least 4 members (excludes halogenated alkanes) is 1. The van der Waals surface area contributed by atoms with E-state index in [1.807, 2.05) is 59.4 Å². The van der Waals surface area contributed by atoms with Crippen molar-refractivity contribution in [3.05, 3.63) is 89.5 Å². The number of fused-ring (bicyclic) bond motifs is 1. The molecule has 4 aromatic rings. The number of hydrogen-bond acceptors (Lipinski definition) is 4. The van der Waals surface area contributed by atoms with E-state index in [1.165, 1.54) is 17.1 Å². The van der Waals surface area contributed by atoms with Crippen molar-refractivity contribution in [2.24, 2.45) is 0 Å². The molecule has 33 heavy (non-hydrogen) atoms. The molecule has 1 amide bonds. The molecule has 164 valence electrons. The maximum Gasteiger partial charge on any atom is 0.266 e. The number of amides is 1. The van der Waals surface area contributed by atoms with Crippen LogP contribution in [0.1, 0.15) is 25.3 Å². The zero-order valence-corrected chi connectivity index (χ0v) is 19.9. The summed E-state index contributed by atoms with van der Waals surface area (Å²) >= 11 is 6.86. The largest absolute Gasteiger partial charge is 0.293 e. The summed E-state index contributed by atoms with van der Waals surface area (Å²) in [6.07, 6.45) is 5.88. The average molecular weight is 470 g/mol. The van der Waals surface area contributed by atoms with Crippen LogP contribution in [0.5, 0.6) is 0 Å². The third-order valence-electron chi connectivity index (χ3n) is 5.68. The average Bonchev–Trinajstić information content (AvgIpc) is 3.38. The standard InChI is InChI=1S/C27H23N3OS2/c1-2-3-15-29-26(31)24(33-27(29)32)17-22-18-30(23-11-5-4-6-12-23)28-25(22)21-14-13-19-9-7-8-10-20(19)16-21/h4-14,16-18H,2-3,15H2,1H3/b24-17-. The summed E-state index contributed by atoms with van der Waals surface area (Å²) in [5.74, 6) is -0.0182. The molecule has 1 aromatic heterocycles. The predicted octanol–water partition coefficient (Wildman–Crippen LogP) is 6.69. The van der Waals surface area contributed by atoms with Crippen molar-refractivity contribution in [3.8, 4) is 16.9 Å². The van der Waals surface area contributed by atoms with Gasteiger partial charge in [0.15, 0.2) is 0 Å². The molecule has 6 heteroatoms. The molecule has 0 aliphatic carbocycles. The Bertz CT molecular complexity index is 1370. The lowest BCUT2D eigenvalue weighted by atomic mass is 10.0. The third kappa shape index (κ3) is 4.36. The number of thiocarbonyl (C=S) groups is 1. The van der Waals surface area contributed by atoms with Crippen LogP contribution in [0.2, 0.25) is 0 Å². The van der Waals surface area contributed by atoms with Crippen LogP contribution in [-0.4, -0.2) is 31.5 Å². The van der Waals surface area contributed by atoms with Gasteiger partial charge in [-0.25, -0.2) is 4.68 Å². The van der Waals surface area contributed by atoms with Gasteiger partial charge in [0.25, 0.3) is 5.91 Å². The van der Waals surface area contributed by atoms with Crippen LogP contribution in [0.4, 0.5) is 0 Å². The van der Waals surface area contributed by atoms with Gasteiger partial charge in [0.1, 0.15) is 10.0 Å². The van der Waals surface area contributed by atoms with Gasteiger partial charge >= 0.3 is 0 Å². The molecule has 0 radical (unpaired) electrons. The minimum Gasteiger partial charge on any atom is -0.293 e. The van der Waals surface area contributed by atoms with Gasteiger partial charge in [-0.1, -0.05) is 91.9 Å². The predicted molar refractivity (Wildman–Crippen MR) is 141 cm³/mol. The number of carbonyl (C=O) groups excluding carboxylic acids is 1. The van der Waals surface area contributed by atoms with Crippen LogP contribution in [0.3, 0.4) is 0 Å². The van der Waals surface area contributed by atoms with E-state index in [-0.39, 0.29) is 5.91 Å². The Kier molecular flexibility index (Phi) is 6.11. The topological polar surface area (TPSA) is 38.1 Å². The molecule has 0 N–H and O–H groups in total. The fourth-order valence-electron chi connectivity index (χ4n) is 3.92. The Labute approximate surface area is 202 Å². The lowest BCUT2D eigenvalue weighted by Crippen LogP contribution is -2.28. The number of carbonyl (C=O) groups is 1. The van der Waals surface area contributed by atoms with Gasteiger partial charge in [-0.15, -0.1) is 0 Å². The van der Waals surface area contributed by atoms with Gasteiger partial charge in [0, 0.05) is 23.9 Å². The summed E-state index contributed by atoms with van der Waals surface area (Å²) in [5, 5.41) is 7.25. The van der Waals surface area contributed by atoms with E-state index >= 15 is 0 Å². The van der Waals surface area contributed by atoms with Crippen LogP contribution in [0.25, 0.3) is 33.8 Å². The summed E-state index contributed by atoms with van der Waals surface area (Å²) in [5.41, 5.74) is 3.71. The van der Waals surface area contributed by atoms with E-state index in [4.69, 9.17) is 17.3 Å². The molecular formula is C27H23N3OS2. The summed E-state index contributed by atoms with van der Waals surface area (Å²) in [7, 11) is 0. The summed E-state index contributed by atoms with van der Waals surface area (Å²) in [4.78, 5) is 15.4. The molecule has 0 unspecified atom stereocenters. The molecule has 0 bridgehead atoms. The number of rotatable bonds is 6. The van der Waals surface area contributed by atoms with Crippen molar-refractivity contribution in [1.29, 1.82) is 0 Å². The Morgan fingerprint density at radius 2 is 1.76 bits per heavy atom. The van der Waals surface area contributed by atoms with Gasteiger partial charge in [0.2, 0.25) is 0 Å². The molecule has 1 saturated heterocycles. The number of thioether (sulfide) groups is 1. The van der Waals surface area contributed by atoms with Crippen LogP contribution < -0.4 is 0 Å². The number of aromatic nitrogens is 2. The second-order valence-corrected chi connectivity index (χ2v) is 9.64. The van der Waals surface area contributed by atoms with Crippen LogP contribution in [0, 0.1) is 0 Å². The van der Waals surface area contributed by atoms with Crippen molar-refractivity contribution < 1.29 is 4.79 Å². The highest BCUT2D eigenvalue weighted by Gasteiger charge is 2.31. The molecule has 3 aromatic carbocycles. The van der Waals surface area contributed by atoms with E-state index in [9.17, 15) is 4.79 Å². The third-order valence-corrected chi connectivity index (χ3v) is 7.06. The number of benzene rings is 3. The van der Waals surface area contributed by atoms with Gasteiger partial charge in [-0.05, 0) is 41.5 Å². The monoisotopic (exact) mass is 469 g/mol. The lowest BCUT2D eigenvalue weighted by Gasteiger charge is -2.12. The zero-order valence-electron chi connectivity index (χ0n) is 18.3. The normalized spacial score (nSPS) is 15.2. The number of nitrogens with zero attached hydrogens (tertiary/aromatic N) is 3. The van der Waals surface area contributed by atoms with E-state index in [2.05, 4.69) is 37.3 Å². The SMILES string of the molecule is CCCCN1C(=O)/C(=C/c2cn(-c3ccccc3)nc2-c2ccc3ccccc3c2)SC1=S. The molecule has 0 atom stereocenters. The maximum atomic E-state index is 13.0. The maximum absolute atomic E-state index is 13.0. The molecule has 2 heterocycles. The van der Waals surface area contributed by atoms with Crippen molar-refractivity contribution in [3.63, 3.8) is 0 Å². The smallest absolute Gasteiger partial charge is 0.266 e. The summed E-state index contributed by atoms with van der Waals surface area (Å²) < 4.78 is 2.50.